The molecule has 0 radical (unpaired) electrons. The highest BCUT2D eigenvalue weighted by atomic mass is 16.4. The van der Waals surface area contributed by atoms with Crippen LogP contribution in [0, 0.1) is 5.41 Å². The molecule has 6 heteroatoms. The van der Waals surface area contributed by atoms with Gasteiger partial charge in [0.05, 0.1) is 0 Å². The average molecular weight is 364 g/mol. The molecule has 2 amide bonds. The first kappa shape index (κ1) is 18.1. The van der Waals surface area contributed by atoms with Gasteiger partial charge < -0.3 is 19.8 Å². The van der Waals surface area contributed by atoms with Crippen molar-refractivity contribution in [3.05, 3.63) is 0 Å². The minimum Gasteiger partial charge on any atom is -0.465 e. The molecule has 2 aliphatic carbocycles. The van der Waals surface area contributed by atoms with Gasteiger partial charge in [0, 0.05) is 56.1 Å². The lowest BCUT2D eigenvalue weighted by Gasteiger charge is -2.55. The summed E-state index contributed by atoms with van der Waals surface area (Å²) >= 11 is 0. The number of carboxylic acid groups (broad SMARTS) is 1. The van der Waals surface area contributed by atoms with E-state index in [2.05, 4.69) is 16.7 Å². The van der Waals surface area contributed by atoms with E-state index in [1.807, 2.05) is 0 Å². The lowest BCUT2D eigenvalue weighted by molar-refractivity contribution is -0.133. The first-order valence-electron chi connectivity index (χ1n) is 10.5. The van der Waals surface area contributed by atoms with Crippen molar-refractivity contribution in [2.45, 2.75) is 89.4 Å². The molecule has 4 aliphatic rings. The molecule has 2 saturated heterocycles. The maximum absolute atomic E-state index is 12.0. The predicted octanol–water partition coefficient (Wildman–Crippen LogP) is 2.77. The number of rotatable bonds is 4. The summed E-state index contributed by atoms with van der Waals surface area (Å²) < 4.78 is 0. The van der Waals surface area contributed by atoms with Crippen LogP contribution in [-0.2, 0) is 4.79 Å². The minimum absolute atomic E-state index is 0.214. The van der Waals surface area contributed by atoms with Gasteiger partial charge in [-0.05, 0) is 51.4 Å². The van der Waals surface area contributed by atoms with Crippen molar-refractivity contribution in [2.75, 3.05) is 19.6 Å². The zero-order chi connectivity index (χ0) is 18.5. The number of nitrogens with zero attached hydrogens (tertiary/aromatic N) is 3. The number of carbonyl (C=O) groups is 2. The van der Waals surface area contributed by atoms with E-state index in [0.717, 1.165) is 45.3 Å². The van der Waals surface area contributed by atoms with Crippen LogP contribution in [0.5, 0.6) is 0 Å². The van der Waals surface area contributed by atoms with Gasteiger partial charge in [-0.15, -0.1) is 0 Å². The molecule has 2 heterocycles. The predicted molar refractivity (Wildman–Crippen MR) is 99.0 cm³/mol. The molecule has 1 N–H and O–H groups in total. The van der Waals surface area contributed by atoms with Gasteiger partial charge in [-0.1, -0.05) is 6.92 Å². The van der Waals surface area contributed by atoms with E-state index < -0.39 is 6.09 Å². The summed E-state index contributed by atoms with van der Waals surface area (Å²) in [6.07, 6.45) is 8.25. The molecule has 3 atom stereocenters. The fourth-order valence-electron chi connectivity index (χ4n) is 6.21. The number of amides is 2. The zero-order valence-corrected chi connectivity index (χ0v) is 16.2. The van der Waals surface area contributed by atoms with E-state index in [1.165, 1.54) is 25.7 Å². The monoisotopic (exact) mass is 363 g/mol. The van der Waals surface area contributed by atoms with Crippen molar-refractivity contribution in [1.29, 1.82) is 0 Å². The zero-order valence-electron chi connectivity index (χ0n) is 16.2. The molecule has 26 heavy (non-hydrogen) atoms. The molecule has 0 aromatic rings. The average Bonchev–Trinajstić information content (AvgIpc) is 3.30. The fourth-order valence-corrected chi connectivity index (χ4v) is 6.21. The third-order valence-corrected chi connectivity index (χ3v) is 7.53. The van der Waals surface area contributed by atoms with Crippen LogP contribution in [0.4, 0.5) is 4.79 Å². The molecule has 146 valence electrons. The van der Waals surface area contributed by atoms with Gasteiger partial charge in [-0.25, -0.2) is 4.79 Å². The molecule has 2 aliphatic heterocycles. The summed E-state index contributed by atoms with van der Waals surface area (Å²) in [5.74, 6) is 0.250. The second kappa shape index (κ2) is 6.70. The second-order valence-electron chi connectivity index (χ2n) is 9.02. The highest BCUT2D eigenvalue weighted by Crippen LogP contribution is 2.53. The number of carbonyl (C=O) groups excluding carboxylic acids is 1. The Morgan fingerprint density at radius 1 is 1.12 bits per heavy atom. The van der Waals surface area contributed by atoms with E-state index in [-0.39, 0.29) is 17.4 Å². The van der Waals surface area contributed by atoms with Crippen molar-refractivity contribution >= 4 is 12.0 Å². The topological polar surface area (TPSA) is 64.1 Å². The summed E-state index contributed by atoms with van der Waals surface area (Å²) in [5, 5.41) is 9.35. The minimum atomic E-state index is -0.754. The third-order valence-electron chi connectivity index (χ3n) is 7.53. The van der Waals surface area contributed by atoms with E-state index >= 15 is 0 Å². The number of hydrogen-bond acceptors (Lipinski definition) is 3. The van der Waals surface area contributed by atoms with Crippen LogP contribution >= 0.6 is 0 Å². The molecular formula is C20H33N3O3. The Morgan fingerprint density at radius 3 is 2.31 bits per heavy atom. The third kappa shape index (κ3) is 3.00. The maximum atomic E-state index is 12.0. The molecule has 6 nitrogen and oxygen atoms in total. The van der Waals surface area contributed by atoms with Crippen molar-refractivity contribution in [3.63, 3.8) is 0 Å². The highest BCUT2D eigenvalue weighted by molar-refractivity contribution is 5.74. The van der Waals surface area contributed by atoms with Crippen LogP contribution in [0.2, 0.25) is 0 Å². The van der Waals surface area contributed by atoms with Gasteiger partial charge >= 0.3 is 6.09 Å². The van der Waals surface area contributed by atoms with Gasteiger partial charge in [-0.3, -0.25) is 4.79 Å². The molecule has 1 spiro atoms. The van der Waals surface area contributed by atoms with E-state index in [0.29, 0.717) is 18.1 Å². The summed E-state index contributed by atoms with van der Waals surface area (Å²) in [4.78, 5) is 29.8. The quantitative estimate of drug-likeness (QED) is 0.834. The van der Waals surface area contributed by atoms with Crippen LogP contribution in [0.25, 0.3) is 0 Å². The van der Waals surface area contributed by atoms with Gasteiger partial charge in [0.25, 0.3) is 0 Å². The first-order chi connectivity index (χ1) is 12.4. The number of likely N-dealkylation sites (tertiary alicyclic amines) is 2. The first-order valence-corrected chi connectivity index (χ1v) is 10.5. The summed E-state index contributed by atoms with van der Waals surface area (Å²) in [6.45, 7) is 6.74. The highest BCUT2D eigenvalue weighted by Gasteiger charge is 2.57. The Labute approximate surface area is 156 Å². The van der Waals surface area contributed by atoms with Crippen molar-refractivity contribution in [2.24, 2.45) is 5.41 Å². The SMILES string of the molecule is CCC1N(C(=O)O)CC12CCC(N1CCC(N(C(C)=O)C3CC3)CC1)C2. The Bertz CT molecular complexity index is 571. The molecule has 4 fully saturated rings. The van der Waals surface area contributed by atoms with Crippen molar-refractivity contribution in [1.82, 2.24) is 14.7 Å². The largest absolute Gasteiger partial charge is 0.465 e. The van der Waals surface area contributed by atoms with Gasteiger partial charge in [0.2, 0.25) is 5.91 Å². The van der Waals surface area contributed by atoms with Crippen LogP contribution in [-0.4, -0.2) is 75.6 Å². The van der Waals surface area contributed by atoms with Crippen molar-refractivity contribution < 1.29 is 14.7 Å². The number of hydrogen-bond donors (Lipinski definition) is 1. The molecule has 3 unspecified atom stereocenters. The standard InChI is InChI=1S/C20H33N3O3/c1-3-18-20(13-22(18)19(25)26)9-6-17(12-20)21-10-7-16(8-11-21)23(14(2)24)15-4-5-15/h15-18H,3-13H2,1-2H3,(H,25,26). The van der Waals surface area contributed by atoms with E-state index in [1.54, 1.807) is 11.8 Å². The van der Waals surface area contributed by atoms with Crippen molar-refractivity contribution in [3.8, 4) is 0 Å². The Balaban J connectivity index is 1.32. The van der Waals surface area contributed by atoms with Gasteiger partial charge in [0.15, 0.2) is 0 Å². The molecule has 0 aromatic carbocycles. The van der Waals surface area contributed by atoms with Crippen LogP contribution in [0.3, 0.4) is 0 Å². The second-order valence-corrected chi connectivity index (χ2v) is 9.02. The Morgan fingerprint density at radius 2 is 1.77 bits per heavy atom. The molecule has 0 bridgehead atoms. The molecular weight excluding hydrogens is 330 g/mol. The van der Waals surface area contributed by atoms with Crippen LogP contribution in [0.15, 0.2) is 0 Å². The molecule has 2 saturated carbocycles. The van der Waals surface area contributed by atoms with E-state index in [4.69, 9.17) is 0 Å². The fraction of sp³-hybridized carbons (Fsp3) is 0.900. The van der Waals surface area contributed by atoms with Crippen LogP contribution in [0.1, 0.15) is 65.2 Å². The van der Waals surface area contributed by atoms with Crippen LogP contribution < -0.4 is 0 Å². The van der Waals surface area contributed by atoms with Gasteiger partial charge in [0.1, 0.15) is 0 Å². The molecule has 4 rings (SSSR count). The summed E-state index contributed by atoms with van der Waals surface area (Å²) in [5.41, 5.74) is 0.230. The summed E-state index contributed by atoms with van der Waals surface area (Å²) in [6, 6.07) is 1.76. The molecule has 0 aromatic heterocycles. The summed E-state index contributed by atoms with van der Waals surface area (Å²) in [7, 11) is 0. The smallest absolute Gasteiger partial charge is 0.407 e. The lowest BCUT2D eigenvalue weighted by Crippen LogP contribution is -2.65. The normalized spacial score (nSPS) is 35.5. The Kier molecular flexibility index (Phi) is 4.66. The number of piperidine rings is 1. The lowest BCUT2D eigenvalue weighted by atomic mass is 9.69. The van der Waals surface area contributed by atoms with E-state index in [9.17, 15) is 14.7 Å². The van der Waals surface area contributed by atoms with Gasteiger partial charge in [-0.2, -0.15) is 0 Å². The maximum Gasteiger partial charge on any atom is 0.407 e. The Hall–Kier alpha value is -1.30.